The number of hydrogen-bond acceptors (Lipinski definition) is 3. The fourth-order valence-corrected chi connectivity index (χ4v) is 1.89. The van der Waals surface area contributed by atoms with E-state index in [1.54, 1.807) is 14.0 Å². The van der Waals surface area contributed by atoms with Crippen molar-refractivity contribution >= 4 is 11.5 Å². The zero-order chi connectivity index (χ0) is 13.9. The van der Waals surface area contributed by atoms with Gasteiger partial charge in [-0.05, 0) is 39.3 Å². The molecule has 0 radical (unpaired) electrons. The van der Waals surface area contributed by atoms with Gasteiger partial charge in [0.1, 0.15) is 5.75 Å². The molecule has 0 unspecified atom stereocenters. The maximum Gasteiger partial charge on any atom is 0.165 e. The number of ether oxygens (including phenoxy) is 1. The SMILES string of the molecule is CCC(C)(C)N(C)c1cccc(OC)c1C(C)=O. The zero-order valence-corrected chi connectivity index (χ0v) is 12.2. The van der Waals surface area contributed by atoms with Crippen LogP contribution in [0.3, 0.4) is 0 Å². The van der Waals surface area contributed by atoms with Gasteiger partial charge >= 0.3 is 0 Å². The second-order valence-corrected chi connectivity index (χ2v) is 5.14. The van der Waals surface area contributed by atoms with Gasteiger partial charge in [-0.1, -0.05) is 13.0 Å². The molecule has 0 heterocycles. The van der Waals surface area contributed by atoms with Crippen LogP contribution >= 0.6 is 0 Å². The summed E-state index contributed by atoms with van der Waals surface area (Å²) in [4.78, 5) is 14.0. The molecule has 1 rings (SSSR count). The first kappa shape index (κ1) is 14.6. The molecule has 0 aliphatic rings. The van der Waals surface area contributed by atoms with E-state index in [-0.39, 0.29) is 11.3 Å². The molecule has 0 aliphatic carbocycles. The maximum absolute atomic E-state index is 11.9. The Morgan fingerprint density at radius 3 is 2.44 bits per heavy atom. The quantitative estimate of drug-likeness (QED) is 0.748. The minimum atomic E-state index is -0.00341. The predicted octanol–water partition coefficient (Wildman–Crippen LogP) is 3.52. The lowest BCUT2D eigenvalue weighted by molar-refractivity contribution is 0.101. The van der Waals surface area contributed by atoms with Crippen LogP contribution < -0.4 is 9.64 Å². The Morgan fingerprint density at radius 2 is 2.00 bits per heavy atom. The molecule has 0 aliphatic heterocycles. The monoisotopic (exact) mass is 249 g/mol. The van der Waals surface area contributed by atoms with Gasteiger partial charge in [0.25, 0.3) is 0 Å². The highest BCUT2D eigenvalue weighted by molar-refractivity contribution is 6.02. The summed E-state index contributed by atoms with van der Waals surface area (Å²) in [6, 6.07) is 5.71. The number of methoxy groups -OCH3 is 1. The summed E-state index contributed by atoms with van der Waals surface area (Å²) < 4.78 is 5.30. The number of ketones is 1. The van der Waals surface area contributed by atoms with Crippen molar-refractivity contribution in [2.24, 2.45) is 0 Å². The fourth-order valence-electron chi connectivity index (χ4n) is 1.89. The zero-order valence-electron chi connectivity index (χ0n) is 12.2. The van der Waals surface area contributed by atoms with Gasteiger partial charge in [-0.25, -0.2) is 0 Å². The Morgan fingerprint density at radius 1 is 1.39 bits per heavy atom. The van der Waals surface area contributed by atoms with Crippen molar-refractivity contribution in [2.45, 2.75) is 39.7 Å². The van der Waals surface area contributed by atoms with Crippen LogP contribution in [0.4, 0.5) is 5.69 Å². The average Bonchev–Trinajstić information content (AvgIpc) is 2.36. The van der Waals surface area contributed by atoms with E-state index in [9.17, 15) is 4.79 Å². The van der Waals surface area contributed by atoms with Crippen LogP contribution in [0.15, 0.2) is 18.2 Å². The second kappa shape index (κ2) is 5.42. The second-order valence-electron chi connectivity index (χ2n) is 5.14. The molecule has 100 valence electrons. The highest BCUT2D eigenvalue weighted by atomic mass is 16.5. The topological polar surface area (TPSA) is 29.5 Å². The number of benzene rings is 1. The number of anilines is 1. The van der Waals surface area contributed by atoms with Crippen LogP contribution in [0.5, 0.6) is 5.75 Å². The van der Waals surface area contributed by atoms with E-state index in [2.05, 4.69) is 25.7 Å². The highest BCUT2D eigenvalue weighted by Gasteiger charge is 2.25. The number of hydrogen-bond donors (Lipinski definition) is 0. The van der Waals surface area contributed by atoms with Crippen LogP contribution in [0.1, 0.15) is 44.5 Å². The number of rotatable bonds is 5. The lowest BCUT2D eigenvalue weighted by Gasteiger charge is -2.38. The summed E-state index contributed by atoms with van der Waals surface area (Å²) in [6.07, 6.45) is 0.998. The summed E-state index contributed by atoms with van der Waals surface area (Å²) >= 11 is 0. The van der Waals surface area contributed by atoms with Crippen molar-refractivity contribution < 1.29 is 9.53 Å². The number of carbonyl (C=O) groups excluding carboxylic acids is 1. The van der Waals surface area contributed by atoms with Crippen LogP contribution in [0, 0.1) is 0 Å². The van der Waals surface area contributed by atoms with Crippen LogP contribution in [-0.4, -0.2) is 25.5 Å². The van der Waals surface area contributed by atoms with Crippen molar-refractivity contribution in [2.75, 3.05) is 19.1 Å². The third-order valence-electron chi connectivity index (χ3n) is 3.71. The number of Topliss-reactive ketones (excluding diaryl/α,β-unsaturated/α-hetero) is 1. The molecule has 1 aromatic carbocycles. The molecule has 0 atom stereocenters. The Labute approximate surface area is 110 Å². The first-order valence-electron chi connectivity index (χ1n) is 6.27. The van der Waals surface area contributed by atoms with Gasteiger partial charge in [-0.2, -0.15) is 0 Å². The van der Waals surface area contributed by atoms with Gasteiger partial charge in [0.2, 0.25) is 0 Å². The van der Waals surface area contributed by atoms with Gasteiger partial charge in [0.05, 0.1) is 18.4 Å². The van der Waals surface area contributed by atoms with Gasteiger partial charge in [-0.3, -0.25) is 4.79 Å². The molecule has 1 aromatic rings. The van der Waals surface area contributed by atoms with E-state index in [1.807, 2.05) is 25.2 Å². The molecular weight excluding hydrogens is 226 g/mol. The molecule has 0 saturated carbocycles. The van der Waals surface area contributed by atoms with Gasteiger partial charge in [-0.15, -0.1) is 0 Å². The number of nitrogens with zero attached hydrogens (tertiary/aromatic N) is 1. The molecule has 0 spiro atoms. The van der Waals surface area contributed by atoms with E-state index in [0.717, 1.165) is 12.1 Å². The first-order valence-corrected chi connectivity index (χ1v) is 6.27. The fraction of sp³-hybridized carbons (Fsp3) is 0.533. The summed E-state index contributed by atoms with van der Waals surface area (Å²) in [7, 11) is 3.61. The van der Waals surface area contributed by atoms with Crippen molar-refractivity contribution in [3.8, 4) is 5.75 Å². The van der Waals surface area contributed by atoms with Crippen LogP contribution in [0.25, 0.3) is 0 Å². The summed E-state index contributed by atoms with van der Waals surface area (Å²) in [5.74, 6) is 0.667. The lowest BCUT2D eigenvalue weighted by atomic mass is 9.97. The van der Waals surface area contributed by atoms with E-state index in [1.165, 1.54) is 0 Å². The van der Waals surface area contributed by atoms with Gasteiger partial charge in [0.15, 0.2) is 5.78 Å². The van der Waals surface area contributed by atoms with E-state index in [4.69, 9.17) is 4.74 Å². The molecule has 0 aromatic heterocycles. The summed E-state index contributed by atoms with van der Waals surface area (Å²) in [5, 5.41) is 0. The Balaban J connectivity index is 3.36. The van der Waals surface area contributed by atoms with E-state index < -0.39 is 0 Å². The minimum Gasteiger partial charge on any atom is -0.496 e. The first-order chi connectivity index (χ1) is 8.35. The normalized spacial score (nSPS) is 11.2. The van der Waals surface area contributed by atoms with Gasteiger partial charge in [0, 0.05) is 12.6 Å². The third-order valence-corrected chi connectivity index (χ3v) is 3.71. The average molecular weight is 249 g/mol. The minimum absolute atomic E-state index is 0.00341. The molecule has 0 fully saturated rings. The third kappa shape index (κ3) is 2.66. The van der Waals surface area contributed by atoms with Crippen LogP contribution in [-0.2, 0) is 0 Å². The summed E-state index contributed by atoms with van der Waals surface area (Å²) in [5.41, 5.74) is 1.58. The molecule has 0 N–H and O–H groups in total. The van der Waals surface area contributed by atoms with Crippen molar-refractivity contribution in [3.05, 3.63) is 23.8 Å². The molecule has 18 heavy (non-hydrogen) atoms. The molecule has 0 amide bonds. The predicted molar refractivity (Wildman–Crippen MR) is 75.8 cm³/mol. The van der Waals surface area contributed by atoms with Crippen molar-refractivity contribution in [1.82, 2.24) is 0 Å². The van der Waals surface area contributed by atoms with Crippen molar-refractivity contribution in [1.29, 1.82) is 0 Å². The molecular formula is C15H23NO2. The standard InChI is InChI=1S/C15H23NO2/c1-7-15(3,4)16(5)12-9-8-10-13(18-6)14(12)11(2)17/h8-10H,7H2,1-6H3. The van der Waals surface area contributed by atoms with E-state index in [0.29, 0.717) is 11.3 Å². The largest absolute Gasteiger partial charge is 0.496 e. The Kier molecular flexibility index (Phi) is 4.38. The summed E-state index contributed by atoms with van der Waals surface area (Å²) in [6.45, 7) is 8.05. The molecule has 0 bridgehead atoms. The smallest absolute Gasteiger partial charge is 0.165 e. The molecule has 3 nitrogen and oxygen atoms in total. The lowest BCUT2D eigenvalue weighted by Crippen LogP contribution is -2.41. The highest BCUT2D eigenvalue weighted by Crippen LogP contribution is 2.33. The van der Waals surface area contributed by atoms with Gasteiger partial charge < -0.3 is 9.64 Å². The van der Waals surface area contributed by atoms with Crippen LogP contribution in [0.2, 0.25) is 0 Å². The Bertz CT molecular complexity index is 438. The molecule has 3 heteroatoms. The van der Waals surface area contributed by atoms with E-state index >= 15 is 0 Å². The maximum atomic E-state index is 11.9. The number of carbonyl (C=O) groups is 1. The van der Waals surface area contributed by atoms with Crippen molar-refractivity contribution in [3.63, 3.8) is 0 Å². The Hall–Kier alpha value is -1.51. The molecule has 0 saturated heterocycles.